The van der Waals surface area contributed by atoms with E-state index in [2.05, 4.69) is 10.1 Å². The summed E-state index contributed by atoms with van der Waals surface area (Å²) in [5, 5.41) is 5.42. The molecular weight excluding hydrogens is 383 g/mol. The number of aromatic nitrogens is 4. The molecule has 30 heavy (non-hydrogen) atoms. The number of nitrogens with two attached hydrogens (primary N) is 2. The van der Waals surface area contributed by atoms with Gasteiger partial charge in [0.05, 0.1) is 30.6 Å². The molecule has 0 bridgehead atoms. The molecule has 0 amide bonds. The maximum absolute atomic E-state index is 13.6. The third kappa shape index (κ3) is 3.20. The molecule has 5 rings (SSSR count). The minimum Gasteiger partial charge on any atom is -0.383 e. The SMILES string of the molecule is NCc1cccc2c1cnn2-c1nc(N)c2c(n1)COCC2Cc1cccc(F)c1. The Labute approximate surface area is 172 Å². The summed E-state index contributed by atoms with van der Waals surface area (Å²) in [6.45, 7) is 1.26. The lowest BCUT2D eigenvalue weighted by atomic mass is 9.90. The Morgan fingerprint density at radius 2 is 2.03 bits per heavy atom. The van der Waals surface area contributed by atoms with Crippen LogP contribution >= 0.6 is 0 Å². The monoisotopic (exact) mass is 404 g/mol. The van der Waals surface area contributed by atoms with Crippen LogP contribution in [0.25, 0.3) is 16.9 Å². The number of nitrogen functional groups attached to an aromatic ring is 1. The van der Waals surface area contributed by atoms with Crippen molar-refractivity contribution in [2.45, 2.75) is 25.5 Å². The minimum absolute atomic E-state index is 0.0391. The second-order valence-electron chi connectivity index (χ2n) is 7.43. The van der Waals surface area contributed by atoms with Crippen LogP contribution in [0.4, 0.5) is 10.2 Å². The summed E-state index contributed by atoms with van der Waals surface area (Å²) < 4.78 is 21.0. The van der Waals surface area contributed by atoms with Gasteiger partial charge in [0.2, 0.25) is 0 Å². The summed E-state index contributed by atoms with van der Waals surface area (Å²) in [6, 6.07) is 12.4. The summed E-state index contributed by atoms with van der Waals surface area (Å²) in [6.07, 6.45) is 2.36. The number of benzene rings is 2. The number of rotatable bonds is 4. The van der Waals surface area contributed by atoms with E-state index in [1.807, 2.05) is 24.3 Å². The standard InChI is InChI=1S/C22H21FN6O/c23-16-5-1-3-13(8-16)7-15-11-30-12-18-20(15)21(25)28-22(27-18)29-19-6-2-4-14(9-24)17(19)10-26-29/h1-6,8,10,15H,7,9,11-12,24H2,(H2,25,27,28). The molecule has 0 radical (unpaired) electrons. The van der Waals surface area contributed by atoms with Crippen molar-refractivity contribution in [3.05, 3.63) is 76.9 Å². The molecule has 152 valence electrons. The van der Waals surface area contributed by atoms with Crippen molar-refractivity contribution in [1.82, 2.24) is 19.7 Å². The van der Waals surface area contributed by atoms with Gasteiger partial charge in [0.25, 0.3) is 5.95 Å². The molecule has 0 saturated heterocycles. The van der Waals surface area contributed by atoms with Crippen LogP contribution in [0.5, 0.6) is 0 Å². The van der Waals surface area contributed by atoms with E-state index in [0.717, 1.165) is 33.3 Å². The summed E-state index contributed by atoms with van der Waals surface area (Å²) in [5.41, 5.74) is 16.6. The maximum Gasteiger partial charge on any atom is 0.253 e. The van der Waals surface area contributed by atoms with Gasteiger partial charge in [0.1, 0.15) is 11.6 Å². The maximum atomic E-state index is 13.6. The van der Waals surface area contributed by atoms with Gasteiger partial charge < -0.3 is 16.2 Å². The average molecular weight is 404 g/mol. The lowest BCUT2D eigenvalue weighted by Crippen LogP contribution is -2.23. The van der Waals surface area contributed by atoms with Gasteiger partial charge in [-0.3, -0.25) is 0 Å². The van der Waals surface area contributed by atoms with Crippen LogP contribution in [0.3, 0.4) is 0 Å². The molecule has 0 saturated carbocycles. The van der Waals surface area contributed by atoms with Crippen LogP contribution in [0.2, 0.25) is 0 Å². The summed E-state index contributed by atoms with van der Waals surface area (Å²) in [7, 11) is 0. The van der Waals surface area contributed by atoms with Crippen molar-refractivity contribution in [2.24, 2.45) is 5.73 Å². The Morgan fingerprint density at radius 1 is 1.17 bits per heavy atom. The highest BCUT2D eigenvalue weighted by atomic mass is 19.1. The molecular formula is C22H21FN6O. The average Bonchev–Trinajstić information content (AvgIpc) is 3.18. The molecule has 8 heteroatoms. The van der Waals surface area contributed by atoms with Crippen LogP contribution in [-0.2, 0) is 24.3 Å². The largest absolute Gasteiger partial charge is 0.383 e. The summed E-state index contributed by atoms with van der Waals surface area (Å²) in [4.78, 5) is 9.26. The van der Waals surface area contributed by atoms with Crippen LogP contribution in [0.15, 0.2) is 48.7 Å². The molecule has 4 N–H and O–H groups in total. The molecule has 1 unspecified atom stereocenters. The van der Waals surface area contributed by atoms with E-state index in [1.165, 1.54) is 12.1 Å². The highest BCUT2D eigenvalue weighted by Gasteiger charge is 2.27. The predicted molar refractivity (Wildman–Crippen MR) is 111 cm³/mol. The lowest BCUT2D eigenvalue weighted by molar-refractivity contribution is 0.0877. The van der Waals surface area contributed by atoms with Crippen LogP contribution < -0.4 is 11.5 Å². The Morgan fingerprint density at radius 3 is 2.87 bits per heavy atom. The number of anilines is 1. The van der Waals surface area contributed by atoms with E-state index in [9.17, 15) is 4.39 Å². The normalized spacial score (nSPS) is 16.0. The zero-order valence-electron chi connectivity index (χ0n) is 16.3. The second-order valence-corrected chi connectivity index (χ2v) is 7.43. The van der Waals surface area contributed by atoms with Crippen molar-refractivity contribution in [2.75, 3.05) is 12.3 Å². The van der Waals surface area contributed by atoms with Crippen molar-refractivity contribution in [1.29, 1.82) is 0 Å². The van der Waals surface area contributed by atoms with E-state index in [0.29, 0.717) is 37.9 Å². The molecule has 2 aromatic heterocycles. The van der Waals surface area contributed by atoms with E-state index in [4.69, 9.17) is 21.2 Å². The molecule has 0 spiro atoms. The van der Waals surface area contributed by atoms with Gasteiger partial charge in [-0.15, -0.1) is 0 Å². The molecule has 2 aromatic carbocycles. The van der Waals surface area contributed by atoms with E-state index in [1.54, 1.807) is 16.9 Å². The molecule has 1 atom stereocenters. The smallest absolute Gasteiger partial charge is 0.253 e. The number of halogens is 1. The highest BCUT2D eigenvalue weighted by molar-refractivity contribution is 5.83. The Balaban J connectivity index is 1.55. The number of nitrogens with zero attached hydrogens (tertiary/aromatic N) is 4. The van der Waals surface area contributed by atoms with Crippen molar-refractivity contribution in [3.8, 4) is 5.95 Å². The first-order valence-corrected chi connectivity index (χ1v) is 9.78. The quantitative estimate of drug-likeness (QED) is 0.542. The third-order valence-electron chi connectivity index (χ3n) is 5.49. The lowest BCUT2D eigenvalue weighted by Gasteiger charge is -2.26. The zero-order valence-corrected chi connectivity index (χ0v) is 16.3. The van der Waals surface area contributed by atoms with Gasteiger partial charge in [0.15, 0.2) is 0 Å². The van der Waals surface area contributed by atoms with Crippen molar-refractivity contribution < 1.29 is 9.13 Å². The first-order valence-electron chi connectivity index (χ1n) is 9.78. The van der Waals surface area contributed by atoms with Crippen LogP contribution in [-0.4, -0.2) is 26.4 Å². The summed E-state index contributed by atoms with van der Waals surface area (Å²) in [5.74, 6) is 0.498. The van der Waals surface area contributed by atoms with Gasteiger partial charge in [-0.1, -0.05) is 24.3 Å². The molecule has 7 nitrogen and oxygen atoms in total. The van der Waals surface area contributed by atoms with E-state index in [-0.39, 0.29) is 11.7 Å². The van der Waals surface area contributed by atoms with Gasteiger partial charge in [0, 0.05) is 23.4 Å². The van der Waals surface area contributed by atoms with E-state index >= 15 is 0 Å². The molecule has 1 aliphatic heterocycles. The third-order valence-corrected chi connectivity index (χ3v) is 5.49. The minimum atomic E-state index is -0.258. The van der Waals surface area contributed by atoms with Gasteiger partial charge in [-0.2, -0.15) is 14.8 Å². The number of ether oxygens (including phenoxy) is 1. The van der Waals surface area contributed by atoms with E-state index < -0.39 is 0 Å². The van der Waals surface area contributed by atoms with Gasteiger partial charge >= 0.3 is 0 Å². The Bertz CT molecular complexity index is 1240. The first kappa shape index (κ1) is 18.7. The fourth-order valence-electron chi connectivity index (χ4n) is 4.11. The molecule has 3 heterocycles. The topological polar surface area (TPSA) is 105 Å². The second kappa shape index (κ2) is 7.47. The zero-order chi connectivity index (χ0) is 20.7. The number of hydrogen-bond acceptors (Lipinski definition) is 6. The number of hydrogen-bond donors (Lipinski definition) is 2. The van der Waals surface area contributed by atoms with Crippen LogP contribution in [0.1, 0.15) is 28.3 Å². The molecule has 4 aromatic rings. The van der Waals surface area contributed by atoms with Crippen LogP contribution in [0, 0.1) is 5.82 Å². The fraction of sp³-hybridized carbons (Fsp3) is 0.227. The molecule has 0 aliphatic carbocycles. The fourth-order valence-corrected chi connectivity index (χ4v) is 4.11. The Kier molecular flexibility index (Phi) is 4.65. The van der Waals surface area contributed by atoms with Gasteiger partial charge in [-0.05, 0) is 35.7 Å². The van der Waals surface area contributed by atoms with Crippen molar-refractivity contribution in [3.63, 3.8) is 0 Å². The molecule has 1 aliphatic rings. The predicted octanol–water partition coefficient (Wildman–Crippen LogP) is 2.85. The van der Waals surface area contributed by atoms with Crippen molar-refractivity contribution >= 4 is 16.7 Å². The number of fused-ring (bicyclic) bond motifs is 2. The van der Waals surface area contributed by atoms with Gasteiger partial charge in [-0.25, -0.2) is 9.37 Å². The Hall–Kier alpha value is -3.36. The summed E-state index contributed by atoms with van der Waals surface area (Å²) >= 11 is 0. The molecule has 0 fully saturated rings. The highest BCUT2D eigenvalue weighted by Crippen LogP contribution is 2.33. The first-order chi connectivity index (χ1) is 14.6.